The fraction of sp³-hybridized carbons (Fsp3) is 0.727. The van der Waals surface area contributed by atoms with Gasteiger partial charge in [-0.1, -0.05) is 58.1 Å². The van der Waals surface area contributed by atoms with Gasteiger partial charge < -0.3 is 14.2 Å². The summed E-state index contributed by atoms with van der Waals surface area (Å²) < 4.78 is 17.4. The van der Waals surface area contributed by atoms with Crippen LogP contribution in [-0.2, 0) is 9.47 Å². The number of ether oxygens (including phenoxy) is 3. The lowest BCUT2D eigenvalue weighted by Crippen LogP contribution is -2.24. The summed E-state index contributed by atoms with van der Waals surface area (Å²) >= 11 is 0. The minimum absolute atomic E-state index is 0.219. The second-order valence-corrected chi connectivity index (χ2v) is 7.96. The van der Waals surface area contributed by atoms with E-state index >= 15 is 0 Å². The molecule has 0 radical (unpaired) electrons. The largest absolute Gasteiger partial charge is 0.494 e. The number of hydrogen-bond donors (Lipinski definition) is 0. The van der Waals surface area contributed by atoms with E-state index in [1.165, 1.54) is 38.5 Å². The topological polar surface area (TPSA) is 27.7 Å². The van der Waals surface area contributed by atoms with Crippen LogP contribution >= 0.6 is 0 Å². The Hall–Kier alpha value is -1.06. The third-order valence-corrected chi connectivity index (χ3v) is 5.79. The number of hydrogen-bond acceptors (Lipinski definition) is 3. The molecule has 0 atom stereocenters. The Morgan fingerprint density at radius 3 is 2.24 bits per heavy atom. The van der Waals surface area contributed by atoms with Crippen LogP contribution in [0.25, 0.3) is 0 Å². The molecule has 0 bridgehead atoms. The molecule has 3 nitrogen and oxygen atoms in total. The van der Waals surface area contributed by atoms with E-state index in [1.54, 1.807) is 0 Å². The van der Waals surface area contributed by atoms with Gasteiger partial charge in [-0.2, -0.15) is 0 Å². The molecule has 1 saturated carbocycles. The first-order valence-electron chi connectivity index (χ1n) is 10.2. The van der Waals surface area contributed by atoms with Crippen molar-refractivity contribution in [1.82, 2.24) is 0 Å². The summed E-state index contributed by atoms with van der Waals surface area (Å²) in [7, 11) is 0. The first kappa shape index (κ1) is 18.7. The molecule has 1 heterocycles. The van der Waals surface area contributed by atoms with Crippen LogP contribution in [0.3, 0.4) is 0 Å². The van der Waals surface area contributed by atoms with Crippen LogP contribution in [0.1, 0.15) is 70.6 Å². The van der Waals surface area contributed by atoms with Gasteiger partial charge in [-0.05, 0) is 36.8 Å². The molecular weight excluding hydrogens is 312 g/mol. The maximum absolute atomic E-state index is 5.92. The zero-order chi connectivity index (χ0) is 17.5. The molecule has 0 unspecified atom stereocenters. The second-order valence-electron chi connectivity index (χ2n) is 7.96. The zero-order valence-electron chi connectivity index (χ0n) is 15.9. The molecule has 1 aliphatic carbocycles. The summed E-state index contributed by atoms with van der Waals surface area (Å²) in [5.41, 5.74) is 1.08. The predicted molar refractivity (Wildman–Crippen MR) is 101 cm³/mol. The van der Waals surface area contributed by atoms with Gasteiger partial charge in [0.2, 0.25) is 0 Å². The summed E-state index contributed by atoms with van der Waals surface area (Å²) in [4.78, 5) is 0. The SMILES string of the molecule is CCC1CCC(CCCOc2ccc(C3OCC(C)CO3)cc2)CC1. The summed E-state index contributed by atoms with van der Waals surface area (Å²) in [5, 5.41) is 0. The van der Waals surface area contributed by atoms with Crippen molar-refractivity contribution < 1.29 is 14.2 Å². The Morgan fingerprint density at radius 1 is 0.960 bits per heavy atom. The Kier molecular flexibility index (Phi) is 7.18. The van der Waals surface area contributed by atoms with E-state index in [2.05, 4.69) is 26.0 Å². The second kappa shape index (κ2) is 9.59. The van der Waals surface area contributed by atoms with Gasteiger partial charge in [0.15, 0.2) is 6.29 Å². The van der Waals surface area contributed by atoms with Crippen LogP contribution in [-0.4, -0.2) is 19.8 Å². The van der Waals surface area contributed by atoms with Gasteiger partial charge in [-0.15, -0.1) is 0 Å². The molecular formula is C22H34O3. The van der Waals surface area contributed by atoms with E-state index in [-0.39, 0.29) is 6.29 Å². The molecule has 3 heteroatoms. The van der Waals surface area contributed by atoms with E-state index in [0.717, 1.165) is 49.4 Å². The molecule has 1 aliphatic heterocycles. The minimum Gasteiger partial charge on any atom is -0.494 e. The molecule has 3 rings (SSSR count). The maximum Gasteiger partial charge on any atom is 0.183 e. The highest BCUT2D eigenvalue weighted by Gasteiger charge is 2.21. The molecule has 0 amide bonds. The van der Waals surface area contributed by atoms with Crippen molar-refractivity contribution in [3.8, 4) is 5.75 Å². The monoisotopic (exact) mass is 346 g/mol. The first-order chi connectivity index (χ1) is 12.2. The van der Waals surface area contributed by atoms with Crippen LogP contribution in [0.4, 0.5) is 0 Å². The van der Waals surface area contributed by atoms with Crippen LogP contribution < -0.4 is 4.74 Å². The Labute approximate surface area is 153 Å². The van der Waals surface area contributed by atoms with Gasteiger partial charge in [-0.3, -0.25) is 0 Å². The molecule has 0 spiro atoms. The molecule has 2 aliphatic rings. The lowest BCUT2D eigenvalue weighted by Gasteiger charge is -2.28. The fourth-order valence-electron chi connectivity index (χ4n) is 4.00. The molecule has 140 valence electrons. The van der Waals surface area contributed by atoms with Crippen molar-refractivity contribution in [3.63, 3.8) is 0 Å². The Morgan fingerprint density at radius 2 is 1.60 bits per heavy atom. The minimum atomic E-state index is -0.219. The summed E-state index contributed by atoms with van der Waals surface area (Å²) in [5.74, 6) is 3.35. The first-order valence-corrected chi connectivity index (χ1v) is 10.2. The highest BCUT2D eigenvalue weighted by molar-refractivity contribution is 5.28. The van der Waals surface area contributed by atoms with Gasteiger partial charge >= 0.3 is 0 Å². The van der Waals surface area contributed by atoms with Crippen LogP contribution in [0.2, 0.25) is 0 Å². The van der Waals surface area contributed by atoms with E-state index in [9.17, 15) is 0 Å². The highest BCUT2D eigenvalue weighted by Crippen LogP contribution is 2.33. The van der Waals surface area contributed by atoms with E-state index < -0.39 is 0 Å². The van der Waals surface area contributed by atoms with Gasteiger partial charge in [0, 0.05) is 11.5 Å². The summed E-state index contributed by atoms with van der Waals surface area (Å²) in [6.45, 7) is 6.83. The molecule has 2 fully saturated rings. The molecule has 0 N–H and O–H groups in total. The van der Waals surface area contributed by atoms with E-state index in [1.807, 2.05) is 12.1 Å². The van der Waals surface area contributed by atoms with Crippen LogP contribution in [0.15, 0.2) is 24.3 Å². The molecule has 1 aromatic carbocycles. The lowest BCUT2D eigenvalue weighted by molar-refractivity contribution is -0.202. The van der Waals surface area contributed by atoms with Gasteiger partial charge in [0.05, 0.1) is 19.8 Å². The summed E-state index contributed by atoms with van der Waals surface area (Å²) in [6, 6.07) is 8.18. The normalized spacial score (nSPS) is 30.2. The molecule has 1 aromatic rings. The van der Waals surface area contributed by atoms with Crippen molar-refractivity contribution in [2.45, 2.75) is 65.1 Å². The lowest BCUT2D eigenvalue weighted by atomic mass is 9.79. The maximum atomic E-state index is 5.92. The third kappa shape index (κ3) is 5.72. The Bertz CT molecular complexity index is 482. The Balaban J connectivity index is 1.33. The van der Waals surface area contributed by atoms with Crippen LogP contribution in [0.5, 0.6) is 5.75 Å². The van der Waals surface area contributed by atoms with Gasteiger partial charge in [0.1, 0.15) is 5.75 Å². The molecule has 0 aromatic heterocycles. The van der Waals surface area contributed by atoms with Crippen molar-refractivity contribution >= 4 is 0 Å². The average molecular weight is 347 g/mol. The van der Waals surface area contributed by atoms with Crippen molar-refractivity contribution in [1.29, 1.82) is 0 Å². The van der Waals surface area contributed by atoms with Crippen molar-refractivity contribution in [2.75, 3.05) is 19.8 Å². The standard InChI is InChI=1S/C22H34O3/c1-3-18-6-8-19(9-7-18)5-4-14-23-21-12-10-20(11-13-21)22-24-15-17(2)16-25-22/h10-13,17-19,22H,3-9,14-16H2,1-2H3. The molecule has 25 heavy (non-hydrogen) atoms. The van der Waals surface area contributed by atoms with Gasteiger partial charge in [0.25, 0.3) is 0 Å². The zero-order valence-corrected chi connectivity index (χ0v) is 15.9. The summed E-state index contributed by atoms with van der Waals surface area (Å²) in [6.07, 6.45) is 9.35. The number of benzene rings is 1. The van der Waals surface area contributed by atoms with E-state index in [0.29, 0.717) is 5.92 Å². The van der Waals surface area contributed by atoms with Gasteiger partial charge in [-0.25, -0.2) is 0 Å². The average Bonchev–Trinajstić information content (AvgIpc) is 2.67. The van der Waals surface area contributed by atoms with E-state index in [4.69, 9.17) is 14.2 Å². The quantitative estimate of drug-likeness (QED) is 0.589. The third-order valence-electron chi connectivity index (χ3n) is 5.79. The molecule has 1 saturated heterocycles. The highest BCUT2D eigenvalue weighted by atomic mass is 16.7. The van der Waals surface area contributed by atoms with Crippen molar-refractivity contribution in [3.05, 3.63) is 29.8 Å². The van der Waals surface area contributed by atoms with Crippen molar-refractivity contribution in [2.24, 2.45) is 17.8 Å². The van der Waals surface area contributed by atoms with Crippen LogP contribution in [0, 0.1) is 17.8 Å². The number of rotatable bonds is 7. The predicted octanol–water partition coefficient (Wildman–Crippen LogP) is 5.74. The fourth-order valence-corrected chi connectivity index (χ4v) is 4.00. The smallest absolute Gasteiger partial charge is 0.183 e.